The number of halogens is 13. The molecule has 27 heteroatoms. The second kappa shape index (κ2) is 36.3. The van der Waals surface area contributed by atoms with E-state index in [4.69, 9.17) is 30.2 Å². The number of ketones is 5. The number of Topliss-reactive ketones (excluding diaryl/α,β-unsaturated/α-hetero) is 5. The molecule has 0 amide bonds. The Morgan fingerprint density at radius 1 is 0.410 bits per heavy atom. The summed E-state index contributed by atoms with van der Waals surface area (Å²) in [7, 11) is 1.36. The van der Waals surface area contributed by atoms with Crippen LogP contribution in [0.25, 0.3) is 12.2 Å². The Morgan fingerprint density at radius 3 is 1.16 bits per heavy atom. The largest absolute Gasteiger partial charge is 0.508 e. The Morgan fingerprint density at radius 2 is 0.778 bits per heavy atom. The number of carboxylic acids is 1. The van der Waals surface area contributed by atoms with Gasteiger partial charge in [0.25, 0.3) is 0 Å². The molecule has 0 aliphatic heterocycles. The minimum absolute atomic E-state index is 0.0151. The van der Waals surface area contributed by atoms with E-state index in [1.165, 1.54) is 49.6 Å². The van der Waals surface area contributed by atoms with Crippen molar-refractivity contribution in [1.82, 2.24) is 0 Å². The molecule has 0 radical (unpaired) electrons. The van der Waals surface area contributed by atoms with Gasteiger partial charge in [-0.2, -0.15) is 52.7 Å². The van der Waals surface area contributed by atoms with E-state index in [-0.39, 0.29) is 113 Å². The van der Waals surface area contributed by atoms with Gasteiger partial charge in [0.05, 0.1) is 40.5 Å². The number of phenols is 1. The number of hydrogen-bond donors (Lipinski definition) is 3. The van der Waals surface area contributed by atoms with Crippen molar-refractivity contribution in [3.63, 3.8) is 0 Å². The molecule has 0 heterocycles. The highest BCUT2D eigenvalue weighted by molar-refractivity contribution is 6.14. The van der Waals surface area contributed by atoms with E-state index in [1.807, 2.05) is 30.3 Å². The number of ether oxygens (including phenoxy) is 4. The highest BCUT2D eigenvalue weighted by atomic mass is 19.4. The number of aryl methyl sites for hydroxylation is 4. The van der Waals surface area contributed by atoms with Crippen LogP contribution in [0.3, 0.4) is 0 Å². The third kappa shape index (κ3) is 22.3. The maximum absolute atomic E-state index is 13.3. The molecule has 4 aliphatic carbocycles. The molecule has 0 bridgehead atoms. The van der Waals surface area contributed by atoms with E-state index in [9.17, 15) is 90.6 Å². The van der Waals surface area contributed by atoms with Crippen LogP contribution in [0.15, 0.2) is 211 Å². The number of hydrogen-bond acceptors (Lipinski definition) is 13. The minimum Gasteiger partial charge on any atom is -0.508 e. The van der Waals surface area contributed by atoms with Crippen molar-refractivity contribution < 1.29 is 120 Å². The number of allylic oxidation sites excluding steroid dienone is 2. The van der Waals surface area contributed by atoms with E-state index in [2.05, 4.69) is 4.74 Å². The lowest BCUT2D eigenvalue weighted by Crippen LogP contribution is -2.15. The number of esters is 1. The third-order valence-corrected chi connectivity index (χ3v) is 19.4. The summed E-state index contributed by atoms with van der Waals surface area (Å²) in [4.78, 5) is 84.2. The molecule has 117 heavy (non-hydrogen) atoms. The fourth-order valence-electron chi connectivity index (χ4n) is 13.3. The number of carboxylic acid groups (broad SMARTS) is 1. The standard InChI is InChI=1S/C34H24F7NO3.C27H18F6O4.C19H18O4.C10H10O2/c35-27-8-7-23(30(42)17-27)15-31(43)21-3-1-19(2-4-21)18-45-28-9-10-29-22(14-28)5-6-24(32(29)44)11-20-12-25(33(36,37)38)16-26(13-20)34(39,40)41;28-26(29,30)20-10-16(11-21(13-20)27(31,32)33)9-19-6-5-18-12-22(7-8-23(18)24(19)34)37-14-15-1-3-17(4-2-15)25(35)36;1-22-19(21)14-7-5-13(6-8-14)12-23-16-9-10-17-15(11-16)3-2-4-18(17)20;11-8-4-5-9-7(6-8)2-1-3-10(9)12/h1-4,7-14,16-17H,5-6,15,18,42H2;1-4,7-13H,5-6,14H2,(H,35,36);5-11H,2-4,12H2,1H3;4-6,11H,1-3H2/b24-11+;19-9+;;. The quantitative estimate of drug-likeness (QED) is 0.0269. The molecule has 604 valence electrons. The van der Waals surface area contributed by atoms with Gasteiger partial charge in [-0.05, 0) is 265 Å². The van der Waals surface area contributed by atoms with Crippen LogP contribution in [0, 0.1) is 5.82 Å². The number of benzene rings is 10. The van der Waals surface area contributed by atoms with E-state index in [0.717, 1.165) is 88.6 Å². The highest BCUT2D eigenvalue weighted by Gasteiger charge is 2.39. The van der Waals surface area contributed by atoms with Crippen molar-refractivity contribution in [2.75, 3.05) is 12.8 Å². The molecular formula is C90H70F13NO13. The van der Waals surface area contributed by atoms with Crippen LogP contribution in [-0.4, -0.2) is 58.2 Å². The van der Waals surface area contributed by atoms with Gasteiger partial charge in [0.2, 0.25) is 0 Å². The predicted molar refractivity (Wildman–Crippen MR) is 406 cm³/mol. The average molecular weight is 1620 g/mol. The summed E-state index contributed by atoms with van der Waals surface area (Å²) in [6.07, 6.45) is -11.9. The fourth-order valence-corrected chi connectivity index (χ4v) is 13.3. The van der Waals surface area contributed by atoms with Gasteiger partial charge in [-0.1, -0.05) is 54.6 Å². The van der Waals surface area contributed by atoms with Gasteiger partial charge in [-0.15, -0.1) is 0 Å². The van der Waals surface area contributed by atoms with Crippen LogP contribution in [0.1, 0.15) is 189 Å². The number of aromatic carboxylic acids is 1. The number of carbonyl (C=O) groups excluding carboxylic acids is 6. The van der Waals surface area contributed by atoms with Gasteiger partial charge in [0.15, 0.2) is 28.9 Å². The highest BCUT2D eigenvalue weighted by Crippen LogP contribution is 2.41. The lowest BCUT2D eigenvalue weighted by molar-refractivity contribution is -0.144. The number of anilines is 1. The van der Waals surface area contributed by atoms with Crippen LogP contribution in [-0.2, 0) is 81.4 Å². The Kier molecular flexibility index (Phi) is 26.3. The van der Waals surface area contributed by atoms with Crippen LogP contribution in [0.4, 0.5) is 62.8 Å². The minimum atomic E-state index is -4.99. The van der Waals surface area contributed by atoms with Crippen molar-refractivity contribution in [3.8, 4) is 23.0 Å². The number of fused-ring (bicyclic) bond motifs is 4. The number of nitrogens with two attached hydrogens (primary N) is 1. The lowest BCUT2D eigenvalue weighted by atomic mass is 9.85. The maximum Gasteiger partial charge on any atom is 0.416 e. The molecule has 0 fully saturated rings. The van der Waals surface area contributed by atoms with Crippen molar-refractivity contribution >= 4 is 58.7 Å². The molecule has 10 aromatic rings. The van der Waals surface area contributed by atoms with Gasteiger partial charge in [0.1, 0.15) is 48.6 Å². The summed E-state index contributed by atoms with van der Waals surface area (Å²) in [5.74, 6) is -0.707. The number of alkyl halides is 12. The van der Waals surface area contributed by atoms with Crippen LogP contribution < -0.4 is 19.9 Å². The number of nitrogen functional groups attached to an aromatic ring is 1. The first kappa shape index (κ1) is 85.0. The summed E-state index contributed by atoms with van der Waals surface area (Å²) in [5.41, 5.74) is 9.26. The molecule has 0 aromatic heterocycles. The zero-order valence-corrected chi connectivity index (χ0v) is 62.0. The van der Waals surface area contributed by atoms with E-state index >= 15 is 0 Å². The molecule has 4 aliphatic rings. The van der Waals surface area contributed by atoms with E-state index < -0.39 is 70.3 Å². The Hall–Kier alpha value is -12.9. The molecular weight excluding hydrogens is 1550 g/mol. The topological polar surface area (TPSA) is 223 Å². The Bertz CT molecular complexity index is 5440. The summed E-state index contributed by atoms with van der Waals surface area (Å²) in [6, 6.07) is 46.3. The number of methoxy groups -OCH3 is 1. The van der Waals surface area contributed by atoms with Crippen molar-refractivity contribution in [1.29, 1.82) is 0 Å². The summed E-state index contributed by atoms with van der Waals surface area (Å²) >= 11 is 0. The predicted octanol–water partition coefficient (Wildman–Crippen LogP) is 21.4. The first-order chi connectivity index (χ1) is 55.4. The first-order valence-corrected chi connectivity index (χ1v) is 36.3. The monoisotopic (exact) mass is 1620 g/mol. The van der Waals surface area contributed by atoms with Gasteiger partial charge >= 0.3 is 36.6 Å². The zero-order valence-electron chi connectivity index (χ0n) is 62.0. The van der Waals surface area contributed by atoms with E-state index in [1.54, 1.807) is 84.9 Å². The zero-order chi connectivity index (χ0) is 84.3. The summed E-state index contributed by atoms with van der Waals surface area (Å²) < 4.78 is 194. The third-order valence-electron chi connectivity index (χ3n) is 19.4. The molecule has 10 aromatic carbocycles. The first-order valence-electron chi connectivity index (χ1n) is 36.3. The van der Waals surface area contributed by atoms with Crippen LogP contribution >= 0.6 is 0 Å². The molecule has 14 nitrogen and oxygen atoms in total. The Balaban J connectivity index is 0.000000166. The van der Waals surface area contributed by atoms with Gasteiger partial charge in [-0.3, -0.25) is 24.0 Å². The van der Waals surface area contributed by atoms with Crippen molar-refractivity contribution in [2.24, 2.45) is 0 Å². The van der Waals surface area contributed by atoms with E-state index in [0.29, 0.717) is 101 Å². The second-order valence-electron chi connectivity index (χ2n) is 27.7. The van der Waals surface area contributed by atoms with Crippen molar-refractivity contribution in [2.45, 2.75) is 115 Å². The lowest BCUT2D eigenvalue weighted by Gasteiger charge is -2.19. The molecule has 0 atom stereocenters. The number of carbonyl (C=O) groups is 7. The SMILES string of the molecule is COC(=O)c1ccc(COc2ccc3c(c2)CCCC3=O)cc1.Nc1cc(F)ccc1CC(=O)c1ccc(COc2ccc3c(c2)CC/C(=C\c2cc(C(F)(F)F)cc(C(F)(F)F)c2)C3=O)cc1.O=C(O)c1ccc(COc2ccc3c(c2)CC/C(=C\c2cc(C(F)(F)F)cc(C(F)(F)F)c2)C3=O)cc1.O=C1CCCc2cc(O)ccc21. The van der Waals surface area contributed by atoms with Gasteiger partial charge in [0, 0.05) is 63.9 Å². The molecule has 14 rings (SSSR count). The normalized spacial score (nSPS) is 14.5. The van der Waals surface area contributed by atoms with Gasteiger partial charge in [-0.25, -0.2) is 14.0 Å². The second-order valence-corrected chi connectivity index (χ2v) is 27.7. The van der Waals surface area contributed by atoms with Crippen LogP contribution in [0.5, 0.6) is 23.0 Å². The number of rotatable bonds is 16. The molecule has 4 N–H and O–H groups in total. The maximum atomic E-state index is 13.3. The summed E-state index contributed by atoms with van der Waals surface area (Å²) in [6.45, 7) is 0.706. The summed E-state index contributed by atoms with van der Waals surface area (Å²) in [5, 5.41) is 18.1. The van der Waals surface area contributed by atoms with Crippen molar-refractivity contribution in [3.05, 3.63) is 334 Å². The molecule has 0 spiro atoms. The number of aromatic hydroxyl groups is 1. The Labute approximate surface area is 660 Å². The molecule has 0 saturated carbocycles. The smallest absolute Gasteiger partial charge is 0.416 e. The number of phenolic OH excluding ortho intramolecular Hbond substituents is 1. The van der Waals surface area contributed by atoms with Gasteiger partial charge < -0.3 is 34.9 Å². The molecule has 0 unspecified atom stereocenters. The van der Waals surface area contributed by atoms with Crippen LogP contribution in [0.2, 0.25) is 0 Å². The average Bonchev–Trinajstić information content (AvgIpc) is 0.789. The fraction of sp³-hybridized carbons (Fsp3) is 0.211. The molecule has 0 saturated heterocycles.